The summed E-state index contributed by atoms with van der Waals surface area (Å²) in [6.07, 6.45) is 3.87. The van der Waals surface area contributed by atoms with Crippen molar-refractivity contribution in [1.29, 1.82) is 0 Å². The second kappa shape index (κ2) is 6.38. The summed E-state index contributed by atoms with van der Waals surface area (Å²) in [4.78, 5) is 12.3. The van der Waals surface area contributed by atoms with Crippen LogP contribution < -0.4 is 10.0 Å². The maximum atomic E-state index is 12.4. The molecule has 1 aliphatic carbocycles. The molecule has 6 heteroatoms. The fourth-order valence-corrected chi connectivity index (χ4v) is 3.90. The highest BCUT2D eigenvalue weighted by Crippen LogP contribution is 2.21. The number of hydrogen-bond acceptors (Lipinski definition) is 3. The first-order valence-electron chi connectivity index (χ1n) is 7.62. The van der Waals surface area contributed by atoms with E-state index in [1.54, 1.807) is 12.1 Å². The molecule has 1 aliphatic rings. The summed E-state index contributed by atoms with van der Waals surface area (Å²) in [5.41, 5.74) is -0.0159. The van der Waals surface area contributed by atoms with E-state index in [0.717, 1.165) is 25.7 Å². The predicted octanol–water partition coefficient (Wildman–Crippen LogP) is 2.44. The summed E-state index contributed by atoms with van der Waals surface area (Å²) >= 11 is 0. The van der Waals surface area contributed by atoms with Gasteiger partial charge in [0.1, 0.15) is 0 Å². The Hall–Kier alpha value is -1.40. The van der Waals surface area contributed by atoms with Crippen LogP contribution in [0.1, 0.15) is 56.8 Å². The van der Waals surface area contributed by atoms with E-state index < -0.39 is 10.0 Å². The average Bonchev–Trinajstić information content (AvgIpc) is 2.89. The molecule has 0 aliphatic heterocycles. The van der Waals surface area contributed by atoms with Crippen molar-refractivity contribution in [3.8, 4) is 0 Å². The zero-order valence-corrected chi connectivity index (χ0v) is 14.2. The first kappa shape index (κ1) is 17.0. The Kier molecular flexibility index (Phi) is 4.92. The molecule has 22 heavy (non-hydrogen) atoms. The molecular weight excluding hydrogens is 300 g/mol. The van der Waals surface area contributed by atoms with E-state index in [1.165, 1.54) is 12.1 Å². The molecule has 0 heterocycles. The molecule has 1 saturated carbocycles. The smallest absolute Gasteiger partial charge is 0.251 e. The fourth-order valence-electron chi connectivity index (χ4n) is 2.55. The number of amides is 1. The van der Waals surface area contributed by atoms with E-state index in [2.05, 4.69) is 10.0 Å². The number of benzene rings is 1. The van der Waals surface area contributed by atoms with Gasteiger partial charge in [-0.2, -0.15) is 0 Å². The SMILES string of the molecule is CC(C)(C)NC(=O)c1cccc(S(=O)(=O)NC2CCCC2)c1. The lowest BCUT2D eigenvalue weighted by Crippen LogP contribution is -2.40. The molecular formula is C16H24N2O3S. The van der Waals surface area contributed by atoms with E-state index >= 15 is 0 Å². The van der Waals surface area contributed by atoms with Gasteiger partial charge in [0.2, 0.25) is 10.0 Å². The minimum absolute atomic E-state index is 0.0112. The van der Waals surface area contributed by atoms with E-state index in [0.29, 0.717) is 5.56 Å². The van der Waals surface area contributed by atoms with Crippen LogP contribution in [0.2, 0.25) is 0 Å². The third kappa shape index (κ3) is 4.55. The summed E-state index contributed by atoms with van der Waals surface area (Å²) in [6.45, 7) is 5.65. The molecule has 1 amide bonds. The molecule has 0 aromatic heterocycles. The molecule has 0 spiro atoms. The van der Waals surface area contributed by atoms with E-state index in [9.17, 15) is 13.2 Å². The quantitative estimate of drug-likeness (QED) is 0.893. The average molecular weight is 324 g/mol. The van der Waals surface area contributed by atoms with Gasteiger partial charge in [0.25, 0.3) is 5.91 Å². The van der Waals surface area contributed by atoms with Crippen LogP contribution in [-0.4, -0.2) is 25.9 Å². The van der Waals surface area contributed by atoms with Crippen molar-refractivity contribution in [3.05, 3.63) is 29.8 Å². The highest BCUT2D eigenvalue weighted by atomic mass is 32.2. The fraction of sp³-hybridized carbons (Fsp3) is 0.562. The standard InChI is InChI=1S/C16H24N2O3S/c1-16(2,3)17-15(19)12-7-6-10-14(11-12)22(20,21)18-13-8-4-5-9-13/h6-7,10-11,13,18H,4-5,8-9H2,1-3H3,(H,17,19). The predicted molar refractivity (Wildman–Crippen MR) is 86.2 cm³/mol. The van der Waals surface area contributed by atoms with Gasteiger partial charge in [0.15, 0.2) is 0 Å². The monoisotopic (exact) mass is 324 g/mol. The van der Waals surface area contributed by atoms with Gasteiger partial charge in [-0.1, -0.05) is 18.9 Å². The van der Waals surface area contributed by atoms with Gasteiger partial charge in [-0.25, -0.2) is 13.1 Å². The molecule has 0 atom stereocenters. The van der Waals surface area contributed by atoms with Crippen molar-refractivity contribution >= 4 is 15.9 Å². The van der Waals surface area contributed by atoms with Gasteiger partial charge >= 0.3 is 0 Å². The van der Waals surface area contributed by atoms with Gasteiger partial charge in [-0.15, -0.1) is 0 Å². The first-order chi connectivity index (χ1) is 10.2. The summed E-state index contributed by atoms with van der Waals surface area (Å²) in [6, 6.07) is 6.18. The van der Waals surface area contributed by atoms with Crippen molar-refractivity contribution in [1.82, 2.24) is 10.0 Å². The van der Waals surface area contributed by atoms with Crippen LogP contribution in [0.25, 0.3) is 0 Å². The number of hydrogen-bond donors (Lipinski definition) is 2. The lowest BCUT2D eigenvalue weighted by molar-refractivity contribution is 0.0919. The zero-order valence-electron chi connectivity index (χ0n) is 13.3. The van der Waals surface area contributed by atoms with Crippen LogP contribution in [0.5, 0.6) is 0 Å². The Labute approximate surface area is 132 Å². The van der Waals surface area contributed by atoms with Crippen molar-refractivity contribution in [2.45, 2.75) is 62.9 Å². The Morgan fingerprint density at radius 3 is 2.41 bits per heavy atom. The molecule has 5 nitrogen and oxygen atoms in total. The van der Waals surface area contributed by atoms with Crippen molar-refractivity contribution in [2.24, 2.45) is 0 Å². The molecule has 0 bridgehead atoms. The number of carbonyl (C=O) groups excluding carboxylic acids is 1. The second-order valence-electron chi connectivity index (χ2n) is 6.83. The number of rotatable bonds is 4. The third-order valence-electron chi connectivity index (χ3n) is 3.57. The van der Waals surface area contributed by atoms with Crippen LogP contribution in [0.4, 0.5) is 0 Å². The van der Waals surface area contributed by atoms with Gasteiger partial charge in [0, 0.05) is 17.1 Å². The first-order valence-corrected chi connectivity index (χ1v) is 9.11. The summed E-state index contributed by atoms with van der Waals surface area (Å²) in [7, 11) is -3.57. The largest absolute Gasteiger partial charge is 0.347 e. The van der Waals surface area contributed by atoms with E-state index in [4.69, 9.17) is 0 Å². The van der Waals surface area contributed by atoms with Crippen molar-refractivity contribution in [3.63, 3.8) is 0 Å². The minimum Gasteiger partial charge on any atom is -0.347 e. The topological polar surface area (TPSA) is 75.3 Å². The van der Waals surface area contributed by atoms with Crippen LogP contribution in [0, 0.1) is 0 Å². The third-order valence-corrected chi connectivity index (χ3v) is 5.09. The number of carbonyl (C=O) groups is 1. The summed E-state index contributed by atoms with van der Waals surface area (Å²) < 4.78 is 27.5. The Morgan fingerprint density at radius 2 is 1.82 bits per heavy atom. The van der Waals surface area contributed by atoms with Crippen molar-refractivity contribution < 1.29 is 13.2 Å². The molecule has 1 fully saturated rings. The highest BCUT2D eigenvalue weighted by Gasteiger charge is 2.24. The van der Waals surface area contributed by atoms with Crippen LogP contribution in [-0.2, 0) is 10.0 Å². The summed E-state index contributed by atoms with van der Waals surface area (Å²) in [5, 5.41) is 2.83. The normalized spacial score (nSPS) is 16.7. The second-order valence-corrected chi connectivity index (χ2v) is 8.55. The highest BCUT2D eigenvalue weighted by molar-refractivity contribution is 7.89. The number of nitrogens with one attached hydrogen (secondary N) is 2. The van der Waals surface area contributed by atoms with E-state index in [1.807, 2.05) is 20.8 Å². The zero-order chi connectivity index (χ0) is 16.4. The van der Waals surface area contributed by atoms with Crippen molar-refractivity contribution in [2.75, 3.05) is 0 Å². The lowest BCUT2D eigenvalue weighted by Gasteiger charge is -2.20. The van der Waals surface area contributed by atoms with Gasteiger partial charge < -0.3 is 5.32 Å². The van der Waals surface area contributed by atoms with Crippen LogP contribution in [0.3, 0.4) is 0 Å². The maximum Gasteiger partial charge on any atom is 0.251 e. The maximum absolute atomic E-state index is 12.4. The van der Waals surface area contributed by atoms with Crippen LogP contribution in [0.15, 0.2) is 29.2 Å². The molecule has 1 aromatic rings. The Morgan fingerprint density at radius 1 is 1.18 bits per heavy atom. The molecule has 0 saturated heterocycles. The molecule has 2 rings (SSSR count). The Bertz CT molecular complexity index is 642. The van der Waals surface area contributed by atoms with Gasteiger partial charge in [0.05, 0.1) is 4.90 Å². The summed E-state index contributed by atoms with van der Waals surface area (Å²) in [5.74, 6) is -0.273. The Balaban J connectivity index is 2.18. The molecule has 0 radical (unpaired) electrons. The van der Waals surface area contributed by atoms with Crippen LogP contribution >= 0.6 is 0 Å². The molecule has 1 aromatic carbocycles. The minimum atomic E-state index is -3.57. The molecule has 122 valence electrons. The van der Waals surface area contributed by atoms with E-state index in [-0.39, 0.29) is 22.4 Å². The lowest BCUT2D eigenvalue weighted by atomic mass is 10.1. The van der Waals surface area contributed by atoms with Gasteiger partial charge in [-0.05, 0) is 51.8 Å². The molecule has 2 N–H and O–H groups in total. The number of sulfonamides is 1. The molecule has 0 unspecified atom stereocenters. The van der Waals surface area contributed by atoms with Gasteiger partial charge in [-0.3, -0.25) is 4.79 Å².